The van der Waals surface area contributed by atoms with Crippen LogP contribution in [-0.4, -0.2) is 62.1 Å². The Kier molecular flexibility index (Phi) is 7.32. The first kappa shape index (κ1) is 22.9. The molecule has 2 aliphatic heterocycles. The van der Waals surface area contributed by atoms with E-state index < -0.39 is 0 Å². The number of likely N-dealkylation sites (tertiary alicyclic amines) is 1. The van der Waals surface area contributed by atoms with Gasteiger partial charge in [-0.15, -0.1) is 0 Å². The molecule has 0 saturated carbocycles. The van der Waals surface area contributed by atoms with Gasteiger partial charge in [0.1, 0.15) is 11.5 Å². The lowest BCUT2D eigenvalue weighted by molar-refractivity contribution is -0.121. The van der Waals surface area contributed by atoms with Crippen LogP contribution in [-0.2, 0) is 4.79 Å². The van der Waals surface area contributed by atoms with E-state index in [1.165, 1.54) is 6.42 Å². The fourth-order valence-electron chi connectivity index (χ4n) is 4.55. The first-order valence-corrected chi connectivity index (χ1v) is 11.6. The molecule has 2 saturated heterocycles. The maximum Gasteiger partial charge on any atom is 0.254 e. The van der Waals surface area contributed by atoms with E-state index in [1.54, 1.807) is 43.5 Å². The highest BCUT2D eigenvalue weighted by Gasteiger charge is 2.29. The maximum absolute atomic E-state index is 13.0. The molecule has 33 heavy (non-hydrogen) atoms. The van der Waals surface area contributed by atoms with Crippen LogP contribution in [0, 0.1) is 5.92 Å². The van der Waals surface area contributed by atoms with Gasteiger partial charge in [-0.3, -0.25) is 9.59 Å². The van der Waals surface area contributed by atoms with Crippen molar-refractivity contribution >= 4 is 23.3 Å². The molecule has 3 heterocycles. The molecule has 8 nitrogen and oxygen atoms in total. The third-order valence-corrected chi connectivity index (χ3v) is 6.45. The molecule has 8 heteroatoms. The van der Waals surface area contributed by atoms with E-state index in [0.717, 1.165) is 37.4 Å². The quantitative estimate of drug-likeness (QED) is 0.721. The zero-order valence-electron chi connectivity index (χ0n) is 19.4. The van der Waals surface area contributed by atoms with Crippen LogP contribution in [0.4, 0.5) is 11.5 Å². The van der Waals surface area contributed by atoms with Gasteiger partial charge in [-0.25, -0.2) is 4.98 Å². The third kappa shape index (κ3) is 5.38. The molecule has 1 aromatic carbocycles. The zero-order valence-corrected chi connectivity index (χ0v) is 19.4. The second kappa shape index (κ2) is 10.6. The summed E-state index contributed by atoms with van der Waals surface area (Å²) < 4.78 is 10.6. The van der Waals surface area contributed by atoms with Gasteiger partial charge in [0, 0.05) is 49.9 Å². The largest absolute Gasteiger partial charge is 0.497 e. The molecule has 0 bridgehead atoms. The van der Waals surface area contributed by atoms with Gasteiger partial charge in [0.15, 0.2) is 5.82 Å². The number of benzene rings is 1. The first-order valence-electron chi connectivity index (χ1n) is 11.6. The predicted molar refractivity (Wildman–Crippen MR) is 127 cm³/mol. The number of ether oxygens (including phenoxy) is 2. The monoisotopic (exact) mass is 452 g/mol. The molecule has 1 aromatic heterocycles. The van der Waals surface area contributed by atoms with Crippen LogP contribution in [0.5, 0.6) is 11.5 Å². The van der Waals surface area contributed by atoms with Crippen molar-refractivity contribution in [1.82, 2.24) is 9.88 Å². The molecular formula is C25H32N4O4. The van der Waals surface area contributed by atoms with E-state index in [-0.39, 0.29) is 17.7 Å². The Morgan fingerprint density at radius 3 is 2.27 bits per heavy atom. The number of carbonyl (C=O) groups is 2. The standard InChI is InChI=1S/C25H32N4O4/c1-32-20-15-19(16-21(17-20)33-2)25(31)29-13-8-18(9-14-29)24(30)27-22-7-6-10-26-23(22)28-11-4-3-5-12-28/h6-7,10,15-18H,3-5,8-9,11-14H2,1-2H3,(H,27,30). The first-order chi connectivity index (χ1) is 16.1. The predicted octanol–water partition coefficient (Wildman–Crippen LogP) is 3.58. The van der Waals surface area contributed by atoms with Crippen LogP contribution in [0.3, 0.4) is 0 Å². The molecular weight excluding hydrogens is 420 g/mol. The van der Waals surface area contributed by atoms with Crippen LogP contribution in [0.1, 0.15) is 42.5 Å². The average molecular weight is 453 g/mol. The summed E-state index contributed by atoms with van der Waals surface area (Å²) in [4.78, 5) is 34.6. The van der Waals surface area contributed by atoms with E-state index in [2.05, 4.69) is 15.2 Å². The number of rotatable bonds is 6. The zero-order chi connectivity index (χ0) is 23.2. The molecule has 4 rings (SSSR count). The Morgan fingerprint density at radius 1 is 0.970 bits per heavy atom. The molecule has 2 aliphatic rings. The maximum atomic E-state index is 13.0. The second-order valence-corrected chi connectivity index (χ2v) is 8.58. The number of methoxy groups -OCH3 is 2. The van der Waals surface area contributed by atoms with Gasteiger partial charge >= 0.3 is 0 Å². The molecule has 0 spiro atoms. The Bertz CT molecular complexity index is 960. The van der Waals surface area contributed by atoms with Crippen LogP contribution in [0.15, 0.2) is 36.5 Å². The Labute approximate surface area is 194 Å². The van der Waals surface area contributed by atoms with Gasteiger partial charge in [0.05, 0.1) is 19.9 Å². The lowest BCUT2D eigenvalue weighted by Gasteiger charge is -2.32. The number of nitrogens with zero attached hydrogens (tertiary/aromatic N) is 3. The molecule has 176 valence electrons. The number of amides is 2. The van der Waals surface area contributed by atoms with E-state index in [9.17, 15) is 9.59 Å². The summed E-state index contributed by atoms with van der Waals surface area (Å²) in [6.07, 6.45) is 6.56. The summed E-state index contributed by atoms with van der Waals surface area (Å²) in [7, 11) is 3.12. The minimum atomic E-state index is -0.136. The average Bonchev–Trinajstić information content (AvgIpc) is 2.88. The third-order valence-electron chi connectivity index (χ3n) is 6.45. The van der Waals surface area contributed by atoms with Crippen molar-refractivity contribution in [3.8, 4) is 11.5 Å². The summed E-state index contributed by atoms with van der Waals surface area (Å²) in [5.74, 6) is 1.79. The molecule has 1 N–H and O–H groups in total. The van der Waals surface area contributed by atoms with Crippen molar-refractivity contribution in [2.45, 2.75) is 32.1 Å². The van der Waals surface area contributed by atoms with Crippen LogP contribution >= 0.6 is 0 Å². The molecule has 0 radical (unpaired) electrons. The van der Waals surface area contributed by atoms with Gasteiger partial charge in [-0.1, -0.05) is 0 Å². The van der Waals surface area contributed by atoms with E-state index >= 15 is 0 Å². The molecule has 2 fully saturated rings. The van der Waals surface area contributed by atoms with Crippen LogP contribution in [0.2, 0.25) is 0 Å². The normalized spacial score (nSPS) is 16.9. The molecule has 2 amide bonds. The van der Waals surface area contributed by atoms with Crippen molar-refractivity contribution in [1.29, 1.82) is 0 Å². The highest BCUT2D eigenvalue weighted by Crippen LogP contribution is 2.29. The number of hydrogen-bond donors (Lipinski definition) is 1. The molecule has 0 aliphatic carbocycles. The van der Waals surface area contributed by atoms with E-state index in [0.29, 0.717) is 43.0 Å². The van der Waals surface area contributed by atoms with Crippen molar-refractivity contribution < 1.29 is 19.1 Å². The second-order valence-electron chi connectivity index (χ2n) is 8.58. The Hall–Kier alpha value is -3.29. The smallest absolute Gasteiger partial charge is 0.254 e. The summed E-state index contributed by atoms with van der Waals surface area (Å²) in [6.45, 7) is 3.00. The molecule has 0 atom stereocenters. The van der Waals surface area contributed by atoms with Crippen molar-refractivity contribution in [2.24, 2.45) is 5.92 Å². The van der Waals surface area contributed by atoms with E-state index in [1.807, 2.05) is 12.1 Å². The highest BCUT2D eigenvalue weighted by atomic mass is 16.5. The number of anilines is 2. The number of piperidine rings is 2. The number of pyridine rings is 1. The van der Waals surface area contributed by atoms with Crippen molar-refractivity contribution in [3.63, 3.8) is 0 Å². The fraction of sp³-hybridized carbons (Fsp3) is 0.480. The molecule has 0 unspecified atom stereocenters. The lowest BCUT2D eigenvalue weighted by Crippen LogP contribution is -2.41. The van der Waals surface area contributed by atoms with E-state index in [4.69, 9.17) is 9.47 Å². The Morgan fingerprint density at radius 2 is 1.64 bits per heavy atom. The lowest BCUT2D eigenvalue weighted by atomic mass is 9.95. The van der Waals surface area contributed by atoms with Gasteiger partial charge < -0.3 is 24.6 Å². The van der Waals surface area contributed by atoms with Gasteiger partial charge in [0.2, 0.25) is 5.91 Å². The van der Waals surface area contributed by atoms with Gasteiger partial charge in [0.25, 0.3) is 5.91 Å². The number of hydrogen-bond acceptors (Lipinski definition) is 6. The van der Waals surface area contributed by atoms with Crippen molar-refractivity contribution in [3.05, 3.63) is 42.1 Å². The summed E-state index contributed by atoms with van der Waals surface area (Å²) in [5.41, 5.74) is 1.29. The summed E-state index contributed by atoms with van der Waals surface area (Å²) >= 11 is 0. The Balaban J connectivity index is 1.37. The number of nitrogens with one attached hydrogen (secondary N) is 1. The van der Waals surface area contributed by atoms with Crippen LogP contribution < -0.4 is 19.7 Å². The minimum absolute atomic E-state index is 0.00333. The number of aromatic nitrogens is 1. The van der Waals surface area contributed by atoms with Crippen LogP contribution in [0.25, 0.3) is 0 Å². The fourth-order valence-corrected chi connectivity index (χ4v) is 4.55. The SMILES string of the molecule is COc1cc(OC)cc(C(=O)N2CCC(C(=O)Nc3cccnc3N3CCCCC3)CC2)c1. The van der Waals surface area contributed by atoms with Gasteiger partial charge in [-0.05, 0) is 56.4 Å². The minimum Gasteiger partial charge on any atom is -0.497 e. The number of carbonyl (C=O) groups excluding carboxylic acids is 2. The van der Waals surface area contributed by atoms with Crippen molar-refractivity contribution in [2.75, 3.05) is 50.6 Å². The summed E-state index contributed by atoms with van der Waals surface area (Å²) in [6, 6.07) is 8.95. The van der Waals surface area contributed by atoms with Gasteiger partial charge in [-0.2, -0.15) is 0 Å². The topological polar surface area (TPSA) is 84.0 Å². The highest BCUT2D eigenvalue weighted by molar-refractivity contribution is 5.97. The summed E-state index contributed by atoms with van der Waals surface area (Å²) in [5, 5.41) is 3.10. The molecule has 2 aromatic rings.